The highest BCUT2D eigenvalue weighted by Gasteiger charge is 2.33. The largest absolute Gasteiger partial charge is 0.490 e. The number of pyridine rings is 1. The highest BCUT2D eigenvalue weighted by atomic mass is 32.1. The van der Waals surface area contributed by atoms with Crippen LogP contribution in [-0.4, -0.2) is 85.7 Å². The maximum Gasteiger partial charge on any atom is 0.355 e. The van der Waals surface area contributed by atoms with E-state index in [2.05, 4.69) is 38.7 Å². The molecule has 4 aliphatic rings. The Morgan fingerprint density at radius 1 is 0.887 bits per heavy atom. The molecule has 4 aromatic carbocycles. The van der Waals surface area contributed by atoms with Crippen LogP contribution in [0.4, 0.5) is 10.9 Å². The van der Waals surface area contributed by atoms with Gasteiger partial charge in [0.05, 0.1) is 33.4 Å². The van der Waals surface area contributed by atoms with Gasteiger partial charge in [-0.1, -0.05) is 59.9 Å². The molecule has 2 saturated heterocycles. The number of imide groups is 1. The van der Waals surface area contributed by atoms with Gasteiger partial charge in [0.15, 0.2) is 10.8 Å². The van der Waals surface area contributed by atoms with Crippen molar-refractivity contribution in [1.29, 1.82) is 0 Å². The molecule has 0 bridgehead atoms. The second-order valence-electron chi connectivity index (χ2n) is 19.8. The number of carboxylic acids is 1. The molecule has 6 heterocycles. The van der Waals surface area contributed by atoms with E-state index in [4.69, 9.17) is 14.8 Å². The topological polar surface area (TPSA) is 172 Å². The molecule has 3 fully saturated rings. The number of hydrogen-bond donors (Lipinski definition) is 3. The third kappa shape index (κ3) is 9.52. The number of nitrogens with zero attached hydrogens (tertiary/aromatic N) is 6. The van der Waals surface area contributed by atoms with Crippen molar-refractivity contribution in [2.45, 2.75) is 95.6 Å². The molecule has 364 valence electrons. The minimum atomic E-state index is -1.10. The molecule has 1 aliphatic carbocycles. The summed E-state index contributed by atoms with van der Waals surface area (Å²) in [5, 5.41) is 22.3. The van der Waals surface area contributed by atoms with E-state index in [0.29, 0.717) is 66.3 Å². The van der Waals surface area contributed by atoms with Crippen LogP contribution < -0.4 is 20.3 Å². The predicted molar refractivity (Wildman–Crippen MR) is 275 cm³/mol. The van der Waals surface area contributed by atoms with Crippen LogP contribution in [0.25, 0.3) is 32.2 Å². The minimum absolute atomic E-state index is 0.0198. The van der Waals surface area contributed by atoms with Crippen molar-refractivity contribution in [3.05, 3.63) is 130 Å². The summed E-state index contributed by atoms with van der Waals surface area (Å²) in [7, 11) is 1.93. The van der Waals surface area contributed by atoms with Gasteiger partial charge in [-0.05, 0) is 160 Å². The zero-order chi connectivity index (χ0) is 48.8. The Morgan fingerprint density at radius 2 is 1.73 bits per heavy atom. The average Bonchev–Trinajstić information content (AvgIpc) is 4.11. The number of fused-ring (bicyclic) bond motifs is 3. The van der Waals surface area contributed by atoms with Crippen molar-refractivity contribution >= 4 is 67.1 Å². The number of aryl methyl sites for hydroxylation is 1. The Morgan fingerprint density at radius 3 is 2.56 bits per heavy atom. The molecule has 2 unspecified atom stereocenters. The van der Waals surface area contributed by atoms with Crippen molar-refractivity contribution in [2.75, 3.05) is 36.4 Å². The van der Waals surface area contributed by atoms with Crippen molar-refractivity contribution in [3.8, 4) is 16.9 Å². The van der Waals surface area contributed by atoms with Crippen LogP contribution in [-0.2, 0) is 29.6 Å². The van der Waals surface area contributed by atoms with Crippen molar-refractivity contribution in [1.82, 2.24) is 30.0 Å². The fourth-order valence-electron chi connectivity index (χ4n) is 11.5. The molecule has 7 aromatic rings. The number of ether oxygens (including phenoxy) is 1. The molecule has 71 heavy (non-hydrogen) atoms. The molecule has 3 N–H and O–H groups in total. The number of piperidine rings is 1. The molecule has 2 atom stereocenters. The quantitative estimate of drug-likeness (QED) is 0.0940. The predicted octanol–water partition coefficient (Wildman–Crippen LogP) is 9.79. The summed E-state index contributed by atoms with van der Waals surface area (Å²) in [5.74, 6) is 0.262. The number of amides is 3. The van der Waals surface area contributed by atoms with E-state index < -0.39 is 11.9 Å². The first-order chi connectivity index (χ1) is 34.5. The molecule has 3 amide bonds. The van der Waals surface area contributed by atoms with Crippen LogP contribution in [0.5, 0.6) is 5.75 Å². The van der Waals surface area contributed by atoms with E-state index in [9.17, 15) is 24.3 Å². The number of aromatic nitrogens is 4. The van der Waals surface area contributed by atoms with Gasteiger partial charge < -0.3 is 19.6 Å². The molecule has 11 rings (SSSR count). The SMILES string of the molecule is Cc1c(OC2CCC(CCCN3CCC(c4ccc5c(C6CCC(=O)NC6=O)nn(C)c5c4)C3)CC2)cccc1-c1ccc(N2CCc3cccc(C(=O)Nc4nc5ccccc5s4)c3C2)nc1C(=O)O. The van der Waals surface area contributed by atoms with E-state index in [0.717, 1.165) is 107 Å². The van der Waals surface area contributed by atoms with Gasteiger partial charge in [0.2, 0.25) is 11.8 Å². The first-order valence-corrected chi connectivity index (χ1v) is 25.9. The lowest BCUT2D eigenvalue weighted by molar-refractivity contribution is -0.134. The van der Waals surface area contributed by atoms with E-state index in [1.54, 1.807) is 0 Å². The van der Waals surface area contributed by atoms with Gasteiger partial charge in [-0.25, -0.2) is 14.8 Å². The van der Waals surface area contributed by atoms with Gasteiger partial charge in [-0.3, -0.25) is 29.7 Å². The number of carbonyl (C=O) groups excluding carboxylic acids is 3. The second-order valence-corrected chi connectivity index (χ2v) is 20.9. The fourth-order valence-corrected chi connectivity index (χ4v) is 12.4. The van der Waals surface area contributed by atoms with Crippen molar-refractivity contribution in [3.63, 3.8) is 0 Å². The standard InChI is InChI=1S/C56H58N8O6S/c1-33-39(40-21-23-49(58-52(40)55(68)69)64-29-26-35-9-5-11-41(44(35)32-64)53(66)60-56-57-45-12-3-4-14-48(45)71-56)10-6-13-47(33)70-38-18-15-34(16-19-38)8-7-27-63-28-25-37(31-63)36-17-20-42-46(30-36)62(2)61-51(42)43-22-24-50(65)59-54(43)67/h3-6,9-14,17,20-21,23,30,34,37-38,43H,7-8,15-16,18-19,22,24-29,31-32H2,1-2H3,(H,68,69)(H,57,60,66)(H,59,65,67). The highest BCUT2D eigenvalue weighted by molar-refractivity contribution is 7.22. The van der Waals surface area contributed by atoms with Gasteiger partial charge in [0, 0.05) is 49.6 Å². The molecule has 15 heteroatoms. The Kier molecular flexibility index (Phi) is 12.9. The number of benzene rings is 4. The second kappa shape index (κ2) is 19.7. The fraction of sp³-hybridized carbons (Fsp3) is 0.375. The number of thiazole rings is 1. The lowest BCUT2D eigenvalue weighted by Gasteiger charge is -2.31. The lowest BCUT2D eigenvalue weighted by atomic mass is 9.84. The smallest absolute Gasteiger partial charge is 0.355 e. The van der Waals surface area contributed by atoms with Crippen molar-refractivity contribution in [2.24, 2.45) is 13.0 Å². The molecule has 1 saturated carbocycles. The first-order valence-electron chi connectivity index (χ1n) is 25.1. The van der Waals surface area contributed by atoms with Crippen LogP contribution in [0.2, 0.25) is 0 Å². The number of likely N-dealkylation sites (tertiary alicyclic amines) is 1. The Bertz CT molecular complexity index is 3180. The summed E-state index contributed by atoms with van der Waals surface area (Å²) in [6, 6.07) is 29.8. The Hall–Kier alpha value is -6.97. The van der Waals surface area contributed by atoms with Gasteiger partial charge in [-0.2, -0.15) is 5.10 Å². The van der Waals surface area contributed by atoms with Gasteiger partial charge >= 0.3 is 5.97 Å². The first kappa shape index (κ1) is 46.4. The minimum Gasteiger partial charge on any atom is -0.490 e. The molecule has 0 radical (unpaired) electrons. The number of rotatable bonds is 13. The van der Waals surface area contributed by atoms with Gasteiger partial charge in [0.25, 0.3) is 5.91 Å². The van der Waals surface area contributed by atoms with Crippen LogP contribution in [0.1, 0.15) is 118 Å². The number of carbonyl (C=O) groups is 4. The normalized spacial score (nSPS) is 20.6. The van der Waals surface area contributed by atoms with Crippen LogP contribution >= 0.6 is 11.3 Å². The van der Waals surface area contributed by atoms with Crippen LogP contribution in [0, 0.1) is 12.8 Å². The number of hydrogen-bond acceptors (Lipinski definition) is 11. The summed E-state index contributed by atoms with van der Waals surface area (Å²) in [5.41, 5.74) is 8.69. The van der Waals surface area contributed by atoms with Gasteiger partial charge in [0.1, 0.15) is 11.6 Å². The Labute approximate surface area is 416 Å². The van der Waals surface area contributed by atoms with E-state index in [-0.39, 0.29) is 29.5 Å². The summed E-state index contributed by atoms with van der Waals surface area (Å²) >= 11 is 1.44. The Balaban J connectivity index is 0.677. The maximum atomic E-state index is 13.7. The van der Waals surface area contributed by atoms with E-state index in [1.807, 2.05) is 96.3 Å². The van der Waals surface area contributed by atoms with Crippen LogP contribution in [0.15, 0.2) is 91.0 Å². The summed E-state index contributed by atoms with van der Waals surface area (Å²) < 4.78 is 9.57. The van der Waals surface area contributed by atoms with Crippen molar-refractivity contribution < 1.29 is 29.0 Å². The summed E-state index contributed by atoms with van der Waals surface area (Å²) in [6.07, 6.45) is 9.36. The number of anilines is 2. The number of carboxylic acid groups (broad SMARTS) is 1. The molecule has 0 spiro atoms. The molecular weight excluding hydrogens is 913 g/mol. The molecule has 3 aliphatic heterocycles. The van der Waals surface area contributed by atoms with E-state index >= 15 is 0 Å². The average molecular weight is 971 g/mol. The number of aromatic carboxylic acids is 1. The molecule has 14 nitrogen and oxygen atoms in total. The lowest BCUT2D eigenvalue weighted by Crippen LogP contribution is -2.39. The third-order valence-electron chi connectivity index (χ3n) is 15.4. The summed E-state index contributed by atoms with van der Waals surface area (Å²) in [6.45, 7) is 6.27. The third-order valence-corrected chi connectivity index (χ3v) is 16.4. The number of para-hydroxylation sites is 1. The molecule has 3 aromatic heterocycles. The zero-order valence-corrected chi connectivity index (χ0v) is 41.0. The summed E-state index contributed by atoms with van der Waals surface area (Å²) in [4.78, 5) is 64.9. The van der Waals surface area contributed by atoms with Crippen LogP contribution in [0.3, 0.4) is 0 Å². The highest BCUT2D eigenvalue weighted by Crippen LogP contribution is 2.39. The maximum absolute atomic E-state index is 13.7. The monoisotopic (exact) mass is 970 g/mol. The number of nitrogens with one attached hydrogen (secondary N) is 2. The van der Waals surface area contributed by atoms with Gasteiger partial charge in [-0.15, -0.1) is 0 Å². The zero-order valence-electron chi connectivity index (χ0n) is 40.2. The molecular formula is C56H58N8O6S. The van der Waals surface area contributed by atoms with E-state index in [1.165, 1.54) is 29.7 Å².